The average molecular weight is 259 g/mol. The van der Waals surface area contributed by atoms with E-state index in [0.717, 1.165) is 0 Å². The maximum Gasteiger partial charge on any atom is 0.164 e. The van der Waals surface area contributed by atoms with E-state index in [-0.39, 0.29) is 18.2 Å². The molecule has 1 aromatic rings. The summed E-state index contributed by atoms with van der Waals surface area (Å²) >= 11 is 0. The maximum atomic E-state index is 5.80. The standard InChI is InChI=1S/C16H21NO2/c1-5-14-15(19-16(3,4)18-14)11-17-12(2)13-9-7-6-8-10-13/h5-12,14-15H,1H2,2-4H3/t12-,14-,15+/m1/s1. The van der Waals surface area contributed by atoms with E-state index in [1.54, 1.807) is 6.08 Å². The van der Waals surface area contributed by atoms with Crippen LogP contribution in [0.15, 0.2) is 48.0 Å². The van der Waals surface area contributed by atoms with Gasteiger partial charge in [0.2, 0.25) is 0 Å². The van der Waals surface area contributed by atoms with Crippen molar-refractivity contribution < 1.29 is 9.47 Å². The summed E-state index contributed by atoms with van der Waals surface area (Å²) in [5.74, 6) is -0.578. The molecule has 3 heteroatoms. The predicted molar refractivity (Wildman–Crippen MR) is 77.4 cm³/mol. The molecule has 0 spiro atoms. The van der Waals surface area contributed by atoms with Gasteiger partial charge in [-0.25, -0.2) is 0 Å². The van der Waals surface area contributed by atoms with E-state index in [9.17, 15) is 0 Å². The van der Waals surface area contributed by atoms with Gasteiger partial charge in [-0.15, -0.1) is 6.58 Å². The Morgan fingerprint density at radius 2 is 1.84 bits per heavy atom. The Kier molecular flexibility index (Phi) is 4.17. The SMILES string of the molecule is C=C[C@H]1OC(C)(C)O[C@H]1C=N[C@H](C)c1ccccc1. The number of benzene rings is 1. The third kappa shape index (κ3) is 3.52. The van der Waals surface area contributed by atoms with E-state index in [1.807, 2.05) is 38.3 Å². The van der Waals surface area contributed by atoms with E-state index in [2.05, 4.69) is 30.6 Å². The molecule has 0 radical (unpaired) electrons. The van der Waals surface area contributed by atoms with Crippen LogP contribution in [0.3, 0.4) is 0 Å². The molecule has 0 N–H and O–H groups in total. The van der Waals surface area contributed by atoms with E-state index < -0.39 is 5.79 Å². The van der Waals surface area contributed by atoms with Gasteiger partial charge in [-0.05, 0) is 26.3 Å². The van der Waals surface area contributed by atoms with Gasteiger partial charge in [0.25, 0.3) is 0 Å². The van der Waals surface area contributed by atoms with Crippen LogP contribution in [0.1, 0.15) is 32.4 Å². The Morgan fingerprint density at radius 1 is 1.21 bits per heavy atom. The number of hydrogen-bond acceptors (Lipinski definition) is 3. The van der Waals surface area contributed by atoms with Crippen LogP contribution in [0.5, 0.6) is 0 Å². The Morgan fingerprint density at radius 3 is 2.47 bits per heavy atom. The molecule has 2 rings (SSSR count). The number of ether oxygens (including phenoxy) is 2. The van der Waals surface area contributed by atoms with Crippen molar-refractivity contribution in [2.24, 2.45) is 4.99 Å². The van der Waals surface area contributed by atoms with E-state index in [4.69, 9.17) is 9.47 Å². The lowest BCUT2D eigenvalue weighted by Crippen LogP contribution is -2.22. The number of nitrogens with zero attached hydrogens (tertiary/aromatic N) is 1. The highest BCUT2D eigenvalue weighted by Crippen LogP contribution is 2.28. The zero-order valence-corrected chi connectivity index (χ0v) is 11.7. The van der Waals surface area contributed by atoms with Gasteiger partial charge < -0.3 is 9.47 Å². The zero-order valence-electron chi connectivity index (χ0n) is 11.7. The van der Waals surface area contributed by atoms with Crippen molar-refractivity contribution in [1.82, 2.24) is 0 Å². The molecule has 102 valence electrons. The van der Waals surface area contributed by atoms with Crippen LogP contribution in [0.25, 0.3) is 0 Å². The van der Waals surface area contributed by atoms with Gasteiger partial charge in [0.05, 0.1) is 6.04 Å². The Hall–Kier alpha value is -1.45. The van der Waals surface area contributed by atoms with Crippen LogP contribution >= 0.6 is 0 Å². The third-order valence-electron chi connectivity index (χ3n) is 3.13. The molecular weight excluding hydrogens is 238 g/mol. The predicted octanol–water partition coefficient (Wildman–Crippen LogP) is 3.52. The molecule has 0 aromatic heterocycles. The fourth-order valence-corrected chi connectivity index (χ4v) is 2.15. The van der Waals surface area contributed by atoms with Crippen LogP contribution < -0.4 is 0 Å². The molecular formula is C16H21NO2. The van der Waals surface area contributed by atoms with Crippen molar-refractivity contribution in [3.63, 3.8) is 0 Å². The van der Waals surface area contributed by atoms with Crippen molar-refractivity contribution in [2.45, 2.75) is 44.8 Å². The highest BCUT2D eigenvalue weighted by molar-refractivity contribution is 5.65. The van der Waals surface area contributed by atoms with Gasteiger partial charge in [-0.3, -0.25) is 4.99 Å². The maximum absolute atomic E-state index is 5.80. The molecule has 3 atom stereocenters. The fourth-order valence-electron chi connectivity index (χ4n) is 2.15. The topological polar surface area (TPSA) is 30.8 Å². The first kappa shape index (κ1) is 14.0. The van der Waals surface area contributed by atoms with Gasteiger partial charge in [-0.1, -0.05) is 36.4 Å². The molecule has 19 heavy (non-hydrogen) atoms. The lowest BCUT2D eigenvalue weighted by atomic mass is 10.1. The third-order valence-corrected chi connectivity index (χ3v) is 3.13. The van der Waals surface area contributed by atoms with E-state index in [1.165, 1.54) is 5.56 Å². The van der Waals surface area contributed by atoms with Crippen LogP contribution in [-0.4, -0.2) is 24.2 Å². The molecule has 1 aliphatic rings. The first-order valence-corrected chi connectivity index (χ1v) is 6.58. The second-order valence-corrected chi connectivity index (χ2v) is 5.19. The van der Waals surface area contributed by atoms with Crippen LogP contribution in [0.2, 0.25) is 0 Å². The van der Waals surface area contributed by atoms with Gasteiger partial charge >= 0.3 is 0 Å². The summed E-state index contributed by atoms with van der Waals surface area (Å²) in [6.45, 7) is 9.64. The summed E-state index contributed by atoms with van der Waals surface area (Å²) in [6, 6.07) is 10.3. The molecule has 0 saturated carbocycles. The highest BCUT2D eigenvalue weighted by atomic mass is 16.7. The lowest BCUT2D eigenvalue weighted by molar-refractivity contribution is -0.137. The first-order chi connectivity index (χ1) is 9.02. The van der Waals surface area contributed by atoms with E-state index >= 15 is 0 Å². The molecule has 1 fully saturated rings. The second-order valence-electron chi connectivity index (χ2n) is 5.19. The lowest BCUT2D eigenvalue weighted by Gasteiger charge is -2.15. The minimum atomic E-state index is -0.578. The average Bonchev–Trinajstić information content (AvgIpc) is 2.71. The minimum absolute atomic E-state index is 0.110. The number of rotatable bonds is 4. The van der Waals surface area contributed by atoms with Crippen LogP contribution in [0, 0.1) is 0 Å². The van der Waals surface area contributed by atoms with Crippen molar-refractivity contribution in [3.8, 4) is 0 Å². The fraction of sp³-hybridized carbons (Fsp3) is 0.438. The normalized spacial score (nSPS) is 27.5. The van der Waals surface area contributed by atoms with Crippen molar-refractivity contribution in [2.75, 3.05) is 0 Å². The molecule has 3 nitrogen and oxygen atoms in total. The van der Waals surface area contributed by atoms with Crippen molar-refractivity contribution in [3.05, 3.63) is 48.6 Å². The minimum Gasteiger partial charge on any atom is -0.340 e. The molecule has 0 aliphatic carbocycles. The molecule has 1 aliphatic heterocycles. The van der Waals surface area contributed by atoms with Crippen LogP contribution in [-0.2, 0) is 9.47 Å². The summed E-state index contributed by atoms with van der Waals surface area (Å²) in [5.41, 5.74) is 1.19. The number of hydrogen-bond donors (Lipinski definition) is 0. The van der Waals surface area contributed by atoms with Crippen molar-refractivity contribution >= 4 is 6.21 Å². The molecule has 1 saturated heterocycles. The quantitative estimate of drug-likeness (QED) is 0.612. The summed E-state index contributed by atoms with van der Waals surface area (Å²) in [6.07, 6.45) is 3.29. The first-order valence-electron chi connectivity index (χ1n) is 6.58. The largest absolute Gasteiger partial charge is 0.340 e. The molecule has 0 unspecified atom stereocenters. The van der Waals surface area contributed by atoms with E-state index in [0.29, 0.717) is 0 Å². The van der Waals surface area contributed by atoms with Gasteiger partial charge in [0.1, 0.15) is 12.2 Å². The Labute approximate surface area is 115 Å². The molecule has 1 heterocycles. The summed E-state index contributed by atoms with van der Waals surface area (Å²) < 4.78 is 11.5. The van der Waals surface area contributed by atoms with Gasteiger partial charge in [0, 0.05) is 6.21 Å². The monoisotopic (exact) mass is 259 g/mol. The Balaban J connectivity index is 2.04. The Bertz CT molecular complexity index is 453. The highest BCUT2D eigenvalue weighted by Gasteiger charge is 2.38. The summed E-state index contributed by atoms with van der Waals surface area (Å²) in [7, 11) is 0. The van der Waals surface area contributed by atoms with Gasteiger partial charge in [-0.2, -0.15) is 0 Å². The zero-order chi connectivity index (χ0) is 13.9. The summed E-state index contributed by atoms with van der Waals surface area (Å²) in [5, 5.41) is 0. The van der Waals surface area contributed by atoms with Crippen LogP contribution in [0.4, 0.5) is 0 Å². The summed E-state index contributed by atoms with van der Waals surface area (Å²) in [4.78, 5) is 4.56. The molecule has 1 aromatic carbocycles. The smallest absolute Gasteiger partial charge is 0.164 e. The molecule has 0 amide bonds. The van der Waals surface area contributed by atoms with Crippen molar-refractivity contribution in [1.29, 1.82) is 0 Å². The number of aliphatic imine (C=N–C) groups is 1. The second kappa shape index (κ2) is 5.68. The van der Waals surface area contributed by atoms with Gasteiger partial charge in [0.15, 0.2) is 5.79 Å². The molecule has 0 bridgehead atoms.